The van der Waals surface area contributed by atoms with Gasteiger partial charge >= 0.3 is 6.03 Å². The summed E-state index contributed by atoms with van der Waals surface area (Å²) in [6.07, 6.45) is 5.61. The molecule has 0 saturated carbocycles. The van der Waals surface area contributed by atoms with E-state index in [-0.39, 0.29) is 18.0 Å². The van der Waals surface area contributed by atoms with Crippen LogP contribution < -0.4 is 5.32 Å². The van der Waals surface area contributed by atoms with Crippen LogP contribution in [0.4, 0.5) is 4.79 Å². The second-order valence-electron chi connectivity index (χ2n) is 7.03. The first kappa shape index (κ1) is 17.8. The minimum Gasteiger partial charge on any atom is -0.336 e. The van der Waals surface area contributed by atoms with E-state index in [2.05, 4.69) is 24.3 Å². The summed E-state index contributed by atoms with van der Waals surface area (Å²) in [6, 6.07) is 0.454. The Morgan fingerprint density at radius 1 is 1.36 bits per heavy atom. The molecule has 1 aromatic heterocycles. The third kappa shape index (κ3) is 3.37. The summed E-state index contributed by atoms with van der Waals surface area (Å²) >= 11 is 0. The Morgan fingerprint density at radius 2 is 2.12 bits per heavy atom. The number of aromatic nitrogens is 2. The van der Waals surface area contributed by atoms with E-state index in [0.717, 1.165) is 44.5 Å². The molecule has 1 aromatic rings. The fourth-order valence-corrected chi connectivity index (χ4v) is 4.03. The predicted octanol–water partition coefficient (Wildman–Crippen LogP) is 2.18. The van der Waals surface area contributed by atoms with Gasteiger partial charge in [-0.25, -0.2) is 4.79 Å². The van der Waals surface area contributed by atoms with Crippen molar-refractivity contribution in [2.24, 2.45) is 0 Å². The number of rotatable bonds is 5. The fraction of sp³-hybridized carbons (Fsp3) is 0.722. The molecule has 0 unspecified atom stereocenters. The van der Waals surface area contributed by atoms with Crippen molar-refractivity contribution < 1.29 is 9.59 Å². The van der Waals surface area contributed by atoms with E-state index in [0.29, 0.717) is 24.7 Å². The molecule has 1 atom stereocenters. The van der Waals surface area contributed by atoms with Crippen molar-refractivity contribution >= 4 is 11.9 Å². The van der Waals surface area contributed by atoms with Crippen LogP contribution in [0.15, 0.2) is 6.20 Å². The van der Waals surface area contributed by atoms with Gasteiger partial charge in [-0.2, -0.15) is 5.10 Å². The van der Waals surface area contributed by atoms with E-state index in [9.17, 15) is 9.59 Å². The molecule has 0 radical (unpaired) electrons. The van der Waals surface area contributed by atoms with Crippen molar-refractivity contribution in [1.29, 1.82) is 0 Å². The first-order valence-electron chi connectivity index (χ1n) is 9.44. The number of nitrogens with zero attached hydrogens (tertiary/aromatic N) is 4. The van der Waals surface area contributed by atoms with E-state index < -0.39 is 0 Å². The maximum atomic E-state index is 13.0. The summed E-state index contributed by atoms with van der Waals surface area (Å²) in [5.74, 6) is 0.0408. The predicted molar refractivity (Wildman–Crippen MR) is 95.6 cm³/mol. The number of urea groups is 1. The molecule has 3 amide bonds. The first-order chi connectivity index (χ1) is 12.1. The molecule has 1 N–H and O–H groups in total. The highest BCUT2D eigenvalue weighted by Crippen LogP contribution is 2.23. The number of hydrogen-bond donors (Lipinski definition) is 1. The van der Waals surface area contributed by atoms with Crippen LogP contribution in [-0.2, 0) is 0 Å². The number of carbonyl (C=O) groups is 2. The van der Waals surface area contributed by atoms with E-state index in [1.807, 2.05) is 21.4 Å². The van der Waals surface area contributed by atoms with Crippen molar-refractivity contribution in [2.75, 3.05) is 26.2 Å². The SMILES string of the molecule is CCC(CC)n1ncc(C(=O)N2CCC[C@@H](N3CCNC3=O)C2)c1C. The van der Waals surface area contributed by atoms with Gasteiger partial charge in [-0.15, -0.1) is 0 Å². The number of hydrogen-bond acceptors (Lipinski definition) is 3. The molecule has 2 fully saturated rings. The van der Waals surface area contributed by atoms with Gasteiger partial charge in [0.05, 0.1) is 23.8 Å². The van der Waals surface area contributed by atoms with Crippen LogP contribution in [0, 0.1) is 6.92 Å². The molecule has 0 aliphatic carbocycles. The average Bonchev–Trinajstić information content (AvgIpc) is 3.22. The smallest absolute Gasteiger partial charge is 0.317 e. The van der Waals surface area contributed by atoms with Crippen molar-refractivity contribution in [3.05, 3.63) is 17.5 Å². The quantitative estimate of drug-likeness (QED) is 0.887. The van der Waals surface area contributed by atoms with Crippen LogP contribution in [0.2, 0.25) is 0 Å². The second kappa shape index (κ2) is 7.45. The monoisotopic (exact) mass is 347 g/mol. The summed E-state index contributed by atoms with van der Waals surface area (Å²) in [5.41, 5.74) is 1.64. The van der Waals surface area contributed by atoms with E-state index >= 15 is 0 Å². The summed E-state index contributed by atoms with van der Waals surface area (Å²) in [5, 5.41) is 7.33. The fourth-order valence-electron chi connectivity index (χ4n) is 4.03. The summed E-state index contributed by atoms with van der Waals surface area (Å²) in [4.78, 5) is 28.7. The van der Waals surface area contributed by atoms with Gasteiger partial charge in [0.25, 0.3) is 5.91 Å². The van der Waals surface area contributed by atoms with Gasteiger partial charge in [-0.1, -0.05) is 13.8 Å². The van der Waals surface area contributed by atoms with Crippen molar-refractivity contribution in [2.45, 2.75) is 58.5 Å². The molecule has 0 bridgehead atoms. The molecule has 138 valence electrons. The first-order valence-corrected chi connectivity index (χ1v) is 9.44. The molecule has 3 heterocycles. The Bertz CT molecular complexity index is 637. The van der Waals surface area contributed by atoms with Crippen molar-refractivity contribution in [1.82, 2.24) is 24.9 Å². The largest absolute Gasteiger partial charge is 0.336 e. The zero-order valence-electron chi connectivity index (χ0n) is 15.5. The topological polar surface area (TPSA) is 70.5 Å². The van der Waals surface area contributed by atoms with E-state index in [4.69, 9.17) is 0 Å². The molecule has 25 heavy (non-hydrogen) atoms. The highest BCUT2D eigenvalue weighted by Gasteiger charge is 2.33. The summed E-state index contributed by atoms with van der Waals surface area (Å²) < 4.78 is 1.99. The van der Waals surface area contributed by atoms with Crippen LogP contribution in [0.3, 0.4) is 0 Å². The molecule has 0 aromatic carbocycles. The molecule has 7 heteroatoms. The van der Waals surface area contributed by atoms with Crippen molar-refractivity contribution in [3.63, 3.8) is 0 Å². The molecule has 2 aliphatic heterocycles. The Hall–Kier alpha value is -2.05. The zero-order valence-corrected chi connectivity index (χ0v) is 15.5. The van der Waals surface area contributed by atoms with Crippen molar-refractivity contribution in [3.8, 4) is 0 Å². The van der Waals surface area contributed by atoms with Gasteiger partial charge in [0.2, 0.25) is 0 Å². The van der Waals surface area contributed by atoms with Gasteiger partial charge in [0.1, 0.15) is 0 Å². The maximum absolute atomic E-state index is 13.0. The Balaban J connectivity index is 1.73. The number of carbonyl (C=O) groups excluding carboxylic acids is 2. The highest BCUT2D eigenvalue weighted by atomic mass is 16.2. The van der Waals surface area contributed by atoms with Crippen LogP contribution >= 0.6 is 0 Å². The van der Waals surface area contributed by atoms with Gasteiger partial charge < -0.3 is 15.1 Å². The van der Waals surface area contributed by atoms with Gasteiger partial charge in [-0.05, 0) is 32.6 Å². The van der Waals surface area contributed by atoms with Crippen LogP contribution in [0.5, 0.6) is 0 Å². The second-order valence-corrected chi connectivity index (χ2v) is 7.03. The number of piperidine rings is 1. The number of likely N-dealkylation sites (tertiary alicyclic amines) is 1. The number of nitrogens with one attached hydrogen (secondary N) is 1. The third-order valence-corrected chi connectivity index (χ3v) is 5.58. The van der Waals surface area contributed by atoms with Crippen LogP contribution in [0.1, 0.15) is 61.6 Å². The van der Waals surface area contributed by atoms with Crippen LogP contribution in [-0.4, -0.2) is 63.7 Å². The average molecular weight is 347 g/mol. The van der Waals surface area contributed by atoms with Gasteiger partial charge in [-0.3, -0.25) is 9.48 Å². The minimum absolute atomic E-state index is 0.00275. The Morgan fingerprint density at radius 3 is 2.76 bits per heavy atom. The lowest BCUT2D eigenvalue weighted by Gasteiger charge is -2.37. The highest BCUT2D eigenvalue weighted by molar-refractivity contribution is 5.95. The Labute approximate surface area is 149 Å². The standard InChI is InChI=1S/C18H29N5O2/c1-4-14(5-2)23-13(3)16(11-20-23)17(24)21-9-6-7-15(12-21)22-10-8-19-18(22)25/h11,14-15H,4-10,12H2,1-3H3,(H,19,25)/t15-/m1/s1. The molecule has 2 aliphatic rings. The lowest BCUT2D eigenvalue weighted by atomic mass is 10.0. The van der Waals surface area contributed by atoms with Gasteiger partial charge in [0.15, 0.2) is 0 Å². The molecular weight excluding hydrogens is 318 g/mol. The molecule has 2 saturated heterocycles. The van der Waals surface area contributed by atoms with E-state index in [1.165, 1.54) is 0 Å². The molecular formula is C18H29N5O2. The zero-order chi connectivity index (χ0) is 18.0. The molecule has 0 spiro atoms. The summed E-state index contributed by atoms with van der Waals surface area (Å²) in [7, 11) is 0. The Kier molecular flexibility index (Phi) is 5.30. The lowest BCUT2D eigenvalue weighted by Crippen LogP contribution is -2.50. The third-order valence-electron chi connectivity index (χ3n) is 5.58. The van der Waals surface area contributed by atoms with Gasteiger partial charge in [0, 0.05) is 31.9 Å². The normalized spacial score (nSPS) is 21.1. The minimum atomic E-state index is -0.00275. The summed E-state index contributed by atoms with van der Waals surface area (Å²) in [6.45, 7) is 9.07. The van der Waals surface area contributed by atoms with Crippen LogP contribution in [0.25, 0.3) is 0 Å². The number of amides is 3. The maximum Gasteiger partial charge on any atom is 0.317 e. The molecule has 7 nitrogen and oxygen atoms in total. The van der Waals surface area contributed by atoms with E-state index in [1.54, 1.807) is 6.20 Å². The molecule has 3 rings (SSSR count). The lowest BCUT2D eigenvalue weighted by molar-refractivity contribution is 0.0633.